The van der Waals surface area contributed by atoms with E-state index in [2.05, 4.69) is 20.2 Å². The largest absolute Gasteiger partial charge is 0.342 e. The maximum Gasteiger partial charge on any atom is 0.225 e. The number of hydrogen-bond acceptors (Lipinski definition) is 4. The Kier molecular flexibility index (Phi) is 3.25. The van der Waals surface area contributed by atoms with Gasteiger partial charge in [-0.15, -0.1) is 0 Å². The lowest BCUT2D eigenvalue weighted by Crippen LogP contribution is -2.32. The van der Waals surface area contributed by atoms with Gasteiger partial charge < -0.3 is 4.90 Å². The summed E-state index contributed by atoms with van der Waals surface area (Å²) in [6, 6.07) is 1.99. The van der Waals surface area contributed by atoms with Crippen LogP contribution in [-0.4, -0.2) is 44.1 Å². The summed E-state index contributed by atoms with van der Waals surface area (Å²) in [4.78, 5) is 22.9. The minimum Gasteiger partial charge on any atom is -0.342 e. The molecule has 0 aromatic carbocycles. The summed E-state index contributed by atoms with van der Waals surface area (Å²) >= 11 is 0. The van der Waals surface area contributed by atoms with Crippen LogP contribution in [0.15, 0.2) is 24.7 Å². The van der Waals surface area contributed by atoms with E-state index in [0.717, 1.165) is 47.0 Å². The van der Waals surface area contributed by atoms with Gasteiger partial charge >= 0.3 is 0 Å². The fourth-order valence-electron chi connectivity index (χ4n) is 3.46. The van der Waals surface area contributed by atoms with Crippen molar-refractivity contribution < 1.29 is 4.79 Å². The summed E-state index contributed by atoms with van der Waals surface area (Å²) < 4.78 is 0. The van der Waals surface area contributed by atoms with Crippen molar-refractivity contribution >= 4 is 27.7 Å². The number of aromatic nitrogens is 4. The van der Waals surface area contributed by atoms with E-state index in [4.69, 9.17) is 0 Å². The third-order valence-electron chi connectivity index (χ3n) is 4.62. The van der Waals surface area contributed by atoms with Gasteiger partial charge in [0.2, 0.25) is 5.91 Å². The number of carbonyl (C=O) groups is 1. The van der Waals surface area contributed by atoms with Crippen LogP contribution in [0.25, 0.3) is 21.8 Å². The highest BCUT2D eigenvalue weighted by molar-refractivity contribution is 6.05. The van der Waals surface area contributed by atoms with Crippen molar-refractivity contribution in [2.24, 2.45) is 5.92 Å². The number of fused-ring (bicyclic) bond motifs is 3. The molecule has 1 N–H and O–H groups in total. The van der Waals surface area contributed by atoms with Crippen LogP contribution in [0.3, 0.4) is 0 Å². The fourth-order valence-corrected chi connectivity index (χ4v) is 3.46. The molecule has 0 saturated carbocycles. The summed E-state index contributed by atoms with van der Waals surface area (Å²) in [6.45, 7) is 5.45. The van der Waals surface area contributed by atoms with Gasteiger partial charge in [0.05, 0.1) is 6.20 Å². The molecular formula is C17H19N5O. The van der Waals surface area contributed by atoms with E-state index in [1.54, 1.807) is 12.4 Å². The van der Waals surface area contributed by atoms with Crippen LogP contribution in [0.5, 0.6) is 0 Å². The van der Waals surface area contributed by atoms with E-state index < -0.39 is 0 Å². The van der Waals surface area contributed by atoms with Gasteiger partial charge in [-0.05, 0) is 12.5 Å². The number of rotatable bonds is 2. The number of nitrogens with one attached hydrogen (secondary N) is 1. The van der Waals surface area contributed by atoms with Gasteiger partial charge in [0.1, 0.15) is 0 Å². The highest BCUT2D eigenvalue weighted by Crippen LogP contribution is 2.33. The van der Waals surface area contributed by atoms with Crippen molar-refractivity contribution in [3.63, 3.8) is 0 Å². The summed E-state index contributed by atoms with van der Waals surface area (Å²) in [5.41, 5.74) is 1.84. The van der Waals surface area contributed by atoms with Gasteiger partial charge in [-0.25, -0.2) is 9.97 Å². The molecule has 1 unspecified atom stereocenters. The van der Waals surface area contributed by atoms with E-state index in [9.17, 15) is 4.79 Å². The van der Waals surface area contributed by atoms with Crippen LogP contribution in [-0.2, 0) is 4.79 Å². The van der Waals surface area contributed by atoms with Crippen LogP contribution in [0.4, 0.5) is 0 Å². The third kappa shape index (κ3) is 2.25. The van der Waals surface area contributed by atoms with E-state index >= 15 is 0 Å². The van der Waals surface area contributed by atoms with E-state index in [1.807, 2.05) is 31.0 Å². The first-order chi connectivity index (χ1) is 11.1. The lowest BCUT2D eigenvalue weighted by Gasteiger charge is -2.19. The van der Waals surface area contributed by atoms with Crippen molar-refractivity contribution in [3.05, 3.63) is 30.4 Å². The predicted octanol–water partition coefficient (Wildman–Crippen LogP) is 2.48. The summed E-state index contributed by atoms with van der Waals surface area (Å²) in [5, 5.41) is 10.6. The number of likely N-dealkylation sites (tertiary alicyclic amines) is 1. The number of amides is 1. The summed E-state index contributed by atoms with van der Waals surface area (Å²) in [7, 11) is 0. The second-order valence-electron chi connectivity index (χ2n) is 6.48. The Morgan fingerprint density at radius 3 is 3.04 bits per heavy atom. The van der Waals surface area contributed by atoms with Gasteiger partial charge in [-0.3, -0.25) is 9.89 Å². The van der Waals surface area contributed by atoms with Crippen molar-refractivity contribution in [2.45, 2.75) is 26.2 Å². The topological polar surface area (TPSA) is 74.8 Å². The smallest absolute Gasteiger partial charge is 0.225 e. The molecule has 4 rings (SSSR count). The van der Waals surface area contributed by atoms with Crippen molar-refractivity contribution in [3.8, 4) is 0 Å². The predicted molar refractivity (Wildman–Crippen MR) is 88.0 cm³/mol. The first-order valence-electron chi connectivity index (χ1n) is 8.00. The molecule has 1 saturated heterocycles. The molecule has 0 spiro atoms. The van der Waals surface area contributed by atoms with Crippen molar-refractivity contribution in [2.75, 3.05) is 13.1 Å². The van der Waals surface area contributed by atoms with Gasteiger partial charge in [0, 0.05) is 59.2 Å². The zero-order chi connectivity index (χ0) is 16.0. The maximum atomic E-state index is 12.2. The number of hydrogen-bond donors (Lipinski definition) is 1. The molecule has 23 heavy (non-hydrogen) atoms. The first kappa shape index (κ1) is 14.1. The average Bonchev–Trinajstić information content (AvgIpc) is 3.22. The second kappa shape index (κ2) is 5.30. The molecule has 0 bridgehead atoms. The Hall–Kier alpha value is -2.50. The fraction of sp³-hybridized carbons (Fsp3) is 0.412. The van der Waals surface area contributed by atoms with Crippen LogP contribution < -0.4 is 0 Å². The molecule has 6 nitrogen and oxygen atoms in total. The van der Waals surface area contributed by atoms with Gasteiger partial charge in [-0.2, -0.15) is 5.10 Å². The SMILES string of the molecule is CC(C)C(=O)N1CCC(c2[nH]ncc3cnc4nccc4c23)C1. The lowest BCUT2D eigenvalue weighted by atomic mass is 9.98. The molecule has 1 amide bonds. The zero-order valence-corrected chi connectivity index (χ0v) is 13.3. The van der Waals surface area contributed by atoms with Crippen LogP contribution in [0.1, 0.15) is 31.9 Å². The molecular weight excluding hydrogens is 290 g/mol. The number of carbonyl (C=O) groups excluding carboxylic acids is 1. The Morgan fingerprint density at radius 1 is 1.35 bits per heavy atom. The zero-order valence-electron chi connectivity index (χ0n) is 13.3. The molecule has 118 valence electrons. The maximum absolute atomic E-state index is 12.2. The molecule has 1 aliphatic rings. The molecule has 1 aliphatic heterocycles. The standard InChI is InChI=1S/C17H19N5O/c1-10(2)17(23)22-6-4-11(9-22)15-14-12(8-20-21-15)7-19-16-13(14)3-5-18-16/h3,5,7-8,10-11,21H,4,6,9H2,1-2H3. The first-order valence-corrected chi connectivity index (χ1v) is 8.00. The molecule has 6 heteroatoms. The summed E-state index contributed by atoms with van der Waals surface area (Å²) in [5.74, 6) is 0.537. The number of aromatic amines is 1. The number of nitrogens with zero attached hydrogens (tertiary/aromatic N) is 4. The Bertz CT molecular complexity index is 885. The van der Waals surface area contributed by atoms with Crippen LogP contribution in [0, 0.1) is 5.92 Å². The minimum absolute atomic E-state index is 0.0403. The molecule has 1 fully saturated rings. The highest BCUT2D eigenvalue weighted by Gasteiger charge is 2.30. The molecule has 0 radical (unpaired) electrons. The van der Waals surface area contributed by atoms with Crippen LogP contribution in [0.2, 0.25) is 0 Å². The van der Waals surface area contributed by atoms with E-state index in [-0.39, 0.29) is 17.7 Å². The van der Waals surface area contributed by atoms with E-state index in [1.165, 1.54) is 0 Å². The molecule has 1 atom stereocenters. The Morgan fingerprint density at radius 2 is 2.22 bits per heavy atom. The Labute approximate surface area is 133 Å². The van der Waals surface area contributed by atoms with Crippen molar-refractivity contribution in [1.29, 1.82) is 0 Å². The molecule has 3 aromatic rings. The lowest BCUT2D eigenvalue weighted by molar-refractivity contribution is -0.133. The minimum atomic E-state index is 0.0403. The highest BCUT2D eigenvalue weighted by atomic mass is 16.2. The quantitative estimate of drug-likeness (QED) is 0.789. The average molecular weight is 309 g/mol. The molecule has 0 aliphatic carbocycles. The van der Waals surface area contributed by atoms with Gasteiger partial charge in [0.25, 0.3) is 0 Å². The monoisotopic (exact) mass is 309 g/mol. The second-order valence-corrected chi connectivity index (χ2v) is 6.48. The summed E-state index contributed by atoms with van der Waals surface area (Å²) in [6.07, 6.45) is 6.35. The van der Waals surface area contributed by atoms with E-state index in [0.29, 0.717) is 0 Å². The third-order valence-corrected chi connectivity index (χ3v) is 4.62. The van der Waals surface area contributed by atoms with Crippen molar-refractivity contribution in [1.82, 2.24) is 25.1 Å². The van der Waals surface area contributed by atoms with Gasteiger partial charge in [-0.1, -0.05) is 13.8 Å². The number of pyridine rings is 1. The van der Waals surface area contributed by atoms with Gasteiger partial charge in [0.15, 0.2) is 5.65 Å². The van der Waals surface area contributed by atoms with Crippen LogP contribution >= 0.6 is 0 Å². The Balaban J connectivity index is 1.78. The molecule has 4 heterocycles. The molecule has 3 aromatic heterocycles. The normalized spacial score (nSPS) is 18.4. The number of H-pyrrole nitrogens is 1.